The summed E-state index contributed by atoms with van der Waals surface area (Å²) in [6.07, 6.45) is 1.98. The molecule has 2 rings (SSSR count). The Labute approximate surface area is 90.4 Å². The summed E-state index contributed by atoms with van der Waals surface area (Å²) in [4.78, 5) is 0. The van der Waals surface area contributed by atoms with Crippen molar-refractivity contribution in [2.45, 2.75) is 18.9 Å². The van der Waals surface area contributed by atoms with E-state index in [0.717, 1.165) is 21.4 Å². The van der Waals surface area contributed by atoms with E-state index in [1.807, 2.05) is 6.07 Å². The number of hydrogen-bond acceptors (Lipinski definition) is 1. The summed E-state index contributed by atoms with van der Waals surface area (Å²) in [5.41, 5.74) is 8.54. The lowest BCUT2D eigenvalue weighted by atomic mass is 10.1. The molecule has 12 heavy (non-hydrogen) atoms. The van der Waals surface area contributed by atoms with Crippen LogP contribution in [0.25, 0.3) is 0 Å². The first-order valence-electron chi connectivity index (χ1n) is 3.89. The van der Waals surface area contributed by atoms with Crippen molar-refractivity contribution in [3.63, 3.8) is 0 Å². The Balaban J connectivity index is 2.48. The highest BCUT2D eigenvalue weighted by Gasteiger charge is 2.18. The van der Waals surface area contributed by atoms with E-state index in [9.17, 15) is 0 Å². The molecular weight excluding hydrogens is 284 g/mol. The maximum atomic E-state index is 5.99. The maximum absolute atomic E-state index is 5.99. The van der Waals surface area contributed by atoms with E-state index in [1.54, 1.807) is 0 Å². The summed E-state index contributed by atoms with van der Waals surface area (Å²) >= 11 is 8.24. The van der Waals surface area contributed by atoms with Crippen molar-refractivity contribution >= 4 is 34.2 Å². The molecule has 3 heteroatoms. The zero-order valence-corrected chi connectivity index (χ0v) is 9.39. The summed E-state index contributed by atoms with van der Waals surface area (Å²) in [6.45, 7) is 0. The molecule has 0 aliphatic heterocycles. The van der Waals surface area contributed by atoms with Crippen LogP contribution in [0.15, 0.2) is 12.1 Å². The fourth-order valence-corrected chi connectivity index (χ4v) is 2.36. The Morgan fingerprint density at radius 2 is 1.92 bits per heavy atom. The van der Waals surface area contributed by atoms with Crippen molar-refractivity contribution in [2.75, 3.05) is 0 Å². The van der Waals surface area contributed by atoms with Crippen LogP contribution in [0.3, 0.4) is 0 Å². The first-order chi connectivity index (χ1) is 5.66. The normalized spacial score (nSPS) is 21.1. The third-order valence-electron chi connectivity index (χ3n) is 2.21. The fourth-order valence-electron chi connectivity index (χ4n) is 1.65. The van der Waals surface area contributed by atoms with Gasteiger partial charge in [-0.15, -0.1) is 0 Å². The minimum Gasteiger partial charge on any atom is -0.327 e. The van der Waals surface area contributed by atoms with Crippen LogP contribution in [0.4, 0.5) is 0 Å². The molecule has 2 N–H and O–H groups in total. The molecule has 1 aliphatic rings. The Hall–Kier alpha value is 0.200. The lowest BCUT2D eigenvalue weighted by Crippen LogP contribution is -2.18. The predicted molar refractivity (Wildman–Crippen MR) is 59.6 cm³/mol. The van der Waals surface area contributed by atoms with E-state index in [4.69, 9.17) is 17.3 Å². The zero-order chi connectivity index (χ0) is 8.72. The molecule has 0 bridgehead atoms. The Kier molecular flexibility index (Phi) is 2.31. The number of halogens is 2. The van der Waals surface area contributed by atoms with E-state index in [2.05, 4.69) is 28.7 Å². The van der Waals surface area contributed by atoms with Crippen molar-refractivity contribution in [1.82, 2.24) is 0 Å². The highest BCUT2D eigenvalue weighted by molar-refractivity contribution is 14.1. The van der Waals surface area contributed by atoms with Gasteiger partial charge in [-0.25, -0.2) is 0 Å². The van der Waals surface area contributed by atoms with Crippen LogP contribution in [0.2, 0.25) is 5.02 Å². The van der Waals surface area contributed by atoms with E-state index in [0.29, 0.717) is 6.04 Å². The summed E-state index contributed by atoms with van der Waals surface area (Å²) in [5, 5.41) is 0.850. The fraction of sp³-hybridized carbons (Fsp3) is 0.333. The zero-order valence-electron chi connectivity index (χ0n) is 6.48. The van der Waals surface area contributed by atoms with Crippen molar-refractivity contribution in [2.24, 2.45) is 5.73 Å². The van der Waals surface area contributed by atoms with Gasteiger partial charge >= 0.3 is 0 Å². The Morgan fingerprint density at radius 3 is 2.58 bits per heavy atom. The molecule has 1 atom stereocenters. The molecule has 0 saturated heterocycles. The summed E-state index contributed by atoms with van der Waals surface area (Å²) in [7, 11) is 0. The molecular formula is C9H9ClIN. The second-order valence-electron chi connectivity index (χ2n) is 3.20. The molecule has 1 nitrogen and oxygen atoms in total. The molecule has 1 aliphatic carbocycles. The SMILES string of the molecule is NC1Cc2cc(Cl)c(I)cc2C1. The third-order valence-corrected chi connectivity index (χ3v) is 3.73. The second kappa shape index (κ2) is 3.16. The highest BCUT2D eigenvalue weighted by atomic mass is 127. The first-order valence-corrected chi connectivity index (χ1v) is 5.35. The van der Waals surface area contributed by atoms with Gasteiger partial charge in [0.15, 0.2) is 0 Å². The number of benzene rings is 1. The van der Waals surface area contributed by atoms with Crippen molar-refractivity contribution in [3.8, 4) is 0 Å². The lowest BCUT2D eigenvalue weighted by molar-refractivity contribution is 0.721. The van der Waals surface area contributed by atoms with Gasteiger partial charge in [-0.3, -0.25) is 0 Å². The van der Waals surface area contributed by atoms with Gasteiger partial charge in [0.05, 0.1) is 5.02 Å². The lowest BCUT2D eigenvalue weighted by Gasteiger charge is -2.00. The van der Waals surface area contributed by atoms with Crippen LogP contribution in [0.5, 0.6) is 0 Å². The molecule has 1 unspecified atom stereocenters. The van der Waals surface area contributed by atoms with Gasteiger partial charge < -0.3 is 5.73 Å². The van der Waals surface area contributed by atoms with Gasteiger partial charge in [0.25, 0.3) is 0 Å². The molecule has 1 aromatic carbocycles. The largest absolute Gasteiger partial charge is 0.327 e. The quantitative estimate of drug-likeness (QED) is 0.730. The summed E-state index contributed by atoms with van der Waals surface area (Å²) in [5.74, 6) is 0. The molecule has 0 radical (unpaired) electrons. The highest BCUT2D eigenvalue weighted by Crippen LogP contribution is 2.28. The monoisotopic (exact) mass is 293 g/mol. The van der Waals surface area contributed by atoms with Gasteiger partial charge in [0.1, 0.15) is 0 Å². The van der Waals surface area contributed by atoms with Crippen LogP contribution < -0.4 is 5.73 Å². The third kappa shape index (κ3) is 1.47. The molecule has 0 fully saturated rings. The van der Waals surface area contributed by atoms with E-state index in [1.165, 1.54) is 11.1 Å². The van der Waals surface area contributed by atoms with Crippen LogP contribution in [0.1, 0.15) is 11.1 Å². The average Bonchev–Trinajstić information content (AvgIpc) is 2.30. The van der Waals surface area contributed by atoms with Crippen molar-refractivity contribution in [1.29, 1.82) is 0 Å². The Morgan fingerprint density at radius 1 is 1.33 bits per heavy atom. The number of rotatable bonds is 0. The van der Waals surface area contributed by atoms with E-state index < -0.39 is 0 Å². The minimum absolute atomic E-state index is 0.300. The first kappa shape index (κ1) is 8.78. The van der Waals surface area contributed by atoms with Gasteiger partial charge in [-0.2, -0.15) is 0 Å². The van der Waals surface area contributed by atoms with Crippen molar-refractivity contribution in [3.05, 3.63) is 31.9 Å². The van der Waals surface area contributed by atoms with Crippen LogP contribution in [-0.4, -0.2) is 6.04 Å². The average molecular weight is 294 g/mol. The Bertz CT molecular complexity index is 294. The van der Waals surface area contributed by atoms with Gasteiger partial charge in [-0.1, -0.05) is 11.6 Å². The van der Waals surface area contributed by atoms with Crippen LogP contribution in [0, 0.1) is 3.57 Å². The topological polar surface area (TPSA) is 26.0 Å². The van der Waals surface area contributed by atoms with Crippen LogP contribution in [-0.2, 0) is 12.8 Å². The van der Waals surface area contributed by atoms with E-state index >= 15 is 0 Å². The summed E-state index contributed by atoms with van der Waals surface area (Å²) in [6, 6.07) is 4.49. The predicted octanol–water partition coefficient (Wildman–Crippen LogP) is 2.37. The smallest absolute Gasteiger partial charge is 0.0542 e. The second-order valence-corrected chi connectivity index (χ2v) is 4.77. The molecule has 0 spiro atoms. The van der Waals surface area contributed by atoms with Gasteiger partial charge in [0, 0.05) is 9.61 Å². The van der Waals surface area contributed by atoms with Crippen LogP contribution >= 0.6 is 34.2 Å². The molecule has 0 aromatic heterocycles. The van der Waals surface area contributed by atoms with Crippen molar-refractivity contribution < 1.29 is 0 Å². The minimum atomic E-state index is 0.300. The molecule has 64 valence electrons. The maximum Gasteiger partial charge on any atom is 0.0542 e. The van der Waals surface area contributed by atoms with E-state index in [-0.39, 0.29) is 0 Å². The number of hydrogen-bond donors (Lipinski definition) is 1. The van der Waals surface area contributed by atoms with Gasteiger partial charge in [-0.05, 0) is 58.7 Å². The number of fused-ring (bicyclic) bond motifs is 1. The number of nitrogens with two attached hydrogens (primary N) is 1. The molecule has 0 saturated carbocycles. The van der Waals surface area contributed by atoms with Gasteiger partial charge in [0.2, 0.25) is 0 Å². The molecule has 0 heterocycles. The molecule has 1 aromatic rings. The molecule has 0 amide bonds. The standard InChI is InChI=1S/C9H9ClIN/c10-8-3-5-1-7(12)2-6(5)4-9(8)11/h3-4,7H,1-2,12H2. The summed E-state index contributed by atoms with van der Waals surface area (Å²) < 4.78 is 1.13.